The van der Waals surface area contributed by atoms with Crippen LogP contribution in [0, 0.1) is 11.8 Å². The zero-order valence-corrected chi connectivity index (χ0v) is 17.8. The van der Waals surface area contributed by atoms with Crippen molar-refractivity contribution in [3.8, 4) is 0 Å². The molecule has 168 valence electrons. The van der Waals surface area contributed by atoms with Gasteiger partial charge in [0.15, 0.2) is 0 Å². The number of carbonyl (C=O) groups is 4. The Labute approximate surface area is 175 Å². The predicted octanol–water partition coefficient (Wildman–Crippen LogP) is -0.848. The first-order valence-corrected chi connectivity index (χ1v) is 9.84. The molecule has 3 amide bonds. The van der Waals surface area contributed by atoms with Gasteiger partial charge < -0.3 is 31.8 Å². The number of H-pyrrole nitrogens is 1. The van der Waals surface area contributed by atoms with Crippen LogP contribution in [0.15, 0.2) is 12.5 Å². The van der Waals surface area contributed by atoms with Crippen LogP contribution in [0.4, 0.5) is 0 Å². The van der Waals surface area contributed by atoms with Crippen molar-refractivity contribution in [1.29, 1.82) is 0 Å². The number of aromatic nitrogens is 2. The van der Waals surface area contributed by atoms with Gasteiger partial charge in [-0.1, -0.05) is 27.7 Å². The van der Waals surface area contributed by atoms with Crippen molar-refractivity contribution in [3.63, 3.8) is 0 Å². The highest BCUT2D eigenvalue weighted by atomic mass is 16.4. The molecule has 0 aliphatic carbocycles. The van der Waals surface area contributed by atoms with Crippen molar-refractivity contribution in [2.45, 2.75) is 58.7 Å². The van der Waals surface area contributed by atoms with Crippen LogP contribution in [0.3, 0.4) is 0 Å². The Morgan fingerprint density at radius 1 is 1.13 bits per heavy atom. The molecule has 1 rings (SSSR count). The Bertz CT molecular complexity index is 719. The first-order chi connectivity index (χ1) is 14.0. The van der Waals surface area contributed by atoms with Gasteiger partial charge >= 0.3 is 5.97 Å². The number of imidazole rings is 1. The first-order valence-electron chi connectivity index (χ1n) is 9.84. The second-order valence-corrected chi connectivity index (χ2v) is 7.92. The Hall–Kier alpha value is -2.95. The molecule has 30 heavy (non-hydrogen) atoms. The monoisotopic (exact) mass is 424 g/mol. The van der Waals surface area contributed by atoms with E-state index in [9.17, 15) is 24.3 Å². The molecule has 0 saturated carbocycles. The van der Waals surface area contributed by atoms with Crippen molar-refractivity contribution in [2.24, 2.45) is 17.6 Å². The molecule has 0 saturated heterocycles. The third-order valence-electron chi connectivity index (χ3n) is 4.35. The van der Waals surface area contributed by atoms with Gasteiger partial charge in [0, 0.05) is 18.3 Å². The third-order valence-corrected chi connectivity index (χ3v) is 4.35. The van der Waals surface area contributed by atoms with Gasteiger partial charge in [-0.25, -0.2) is 9.78 Å². The molecule has 11 nitrogen and oxygen atoms in total. The summed E-state index contributed by atoms with van der Waals surface area (Å²) in [7, 11) is 0. The third kappa shape index (κ3) is 8.60. The van der Waals surface area contributed by atoms with Crippen molar-refractivity contribution in [2.75, 3.05) is 6.54 Å². The van der Waals surface area contributed by atoms with Gasteiger partial charge in [0.25, 0.3) is 0 Å². The topological polar surface area (TPSA) is 179 Å². The summed E-state index contributed by atoms with van der Waals surface area (Å²) in [4.78, 5) is 55.0. The van der Waals surface area contributed by atoms with Crippen molar-refractivity contribution < 1.29 is 24.3 Å². The number of hydrogen-bond donors (Lipinski definition) is 6. The van der Waals surface area contributed by atoms with Gasteiger partial charge in [-0.3, -0.25) is 14.4 Å². The second kappa shape index (κ2) is 11.9. The molecule has 3 atom stereocenters. The molecule has 11 heteroatoms. The Kier molecular flexibility index (Phi) is 9.96. The minimum absolute atomic E-state index is 0.0722. The Morgan fingerprint density at radius 2 is 1.80 bits per heavy atom. The van der Waals surface area contributed by atoms with Crippen LogP contribution in [-0.2, 0) is 25.6 Å². The largest absolute Gasteiger partial charge is 0.480 e. The molecular weight excluding hydrogens is 392 g/mol. The van der Waals surface area contributed by atoms with Crippen LogP contribution < -0.4 is 21.7 Å². The average molecular weight is 425 g/mol. The SMILES string of the molecule is CC(C)CC(N)C(=O)NCC(=O)NC(Cc1cnc[nH]1)C(=O)NC(C(=O)O)C(C)C. The number of aromatic amines is 1. The zero-order valence-electron chi connectivity index (χ0n) is 17.8. The van der Waals surface area contributed by atoms with E-state index in [0.717, 1.165) is 0 Å². The van der Waals surface area contributed by atoms with E-state index in [1.54, 1.807) is 13.8 Å². The molecule has 0 aromatic carbocycles. The molecule has 0 fully saturated rings. The lowest BCUT2D eigenvalue weighted by molar-refractivity contribution is -0.143. The molecule has 0 spiro atoms. The zero-order chi connectivity index (χ0) is 22.8. The molecule has 1 heterocycles. The number of aliphatic carboxylic acids is 1. The van der Waals surface area contributed by atoms with Crippen LogP contribution in [0.25, 0.3) is 0 Å². The van der Waals surface area contributed by atoms with Crippen molar-refractivity contribution >= 4 is 23.7 Å². The number of rotatable bonds is 12. The van der Waals surface area contributed by atoms with Gasteiger partial charge in [-0.2, -0.15) is 0 Å². The number of carbonyl (C=O) groups excluding carboxylic acids is 3. The summed E-state index contributed by atoms with van der Waals surface area (Å²) in [5, 5.41) is 16.7. The van der Waals surface area contributed by atoms with Crippen LogP contribution in [-0.4, -0.2) is 63.4 Å². The van der Waals surface area contributed by atoms with E-state index in [4.69, 9.17) is 5.73 Å². The highest BCUT2D eigenvalue weighted by Crippen LogP contribution is 2.05. The van der Waals surface area contributed by atoms with E-state index in [2.05, 4.69) is 25.9 Å². The predicted molar refractivity (Wildman–Crippen MR) is 109 cm³/mol. The number of hydrogen-bond acceptors (Lipinski definition) is 6. The fourth-order valence-electron chi connectivity index (χ4n) is 2.75. The lowest BCUT2D eigenvalue weighted by Crippen LogP contribution is -2.55. The molecule has 0 aliphatic heterocycles. The summed E-state index contributed by atoms with van der Waals surface area (Å²) in [6.07, 6.45) is 3.47. The molecule has 7 N–H and O–H groups in total. The molecule has 1 aromatic rings. The average Bonchev–Trinajstić information content (AvgIpc) is 3.15. The summed E-state index contributed by atoms with van der Waals surface area (Å²) in [6.45, 7) is 6.83. The number of carboxylic acids is 1. The number of nitrogens with two attached hydrogens (primary N) is 1. The van der Waals surface area contributed by atoms with E-state index in [1.165, 1.54) is 12.5 Å². The van der Waals surface area contributed by atoms with E-state index in [0.29, 0.717) is 12.1 Å². The van der Waals surface area contributed by atoms with Gasteiger partial charge in [-0.15, -0.1) is 0 Å². The van der Waals surface area contributed by atoms with Crippen LogP contribution in [0.5, 0.6) is 0 Å². The van der Waals surface area contributed by atoms with Crippen LogP contribution >= 0.6 is 0 Å². The van der Waals surface area contributed by atoms with Crippen LogP contribution in [0.1, 0.15) is 39.8 Å². The number of nitrogens with one attached hydrogen (secondary N) is 4. The maximum Gasteiger partial charge on any atom is 0.326 e. The number of carboxylic acid groups (broad SMARTS) is 1. The minimum Gasteiger partial charge on any atom is -0.480 e. The van der Waals surface area contributed by atoms with Crippen LogP contribution in [0.2, 0.25) is 0 Å². The highest BCUT2D eigenvalue weighted by molar-refractivity contribution is 5.92. The maximum absolute atomic E-state index is 12.7. The van der Waals surface area contributed by atoms with Gasteiger partial charge in [-0.05, 0) is 18.3 Å². The van der Waals surface area contributed by atoms with E-state index < -0.39 is 41.8 Å². The fourth-order valence-corrected chi connectivity index (χ4v) is 2.75. The van der Waals surface area contributed by atoms with Crippen molar-refractivity contribution in [3.05, 3.63) is 18.2 Å². The molecule has 0 radical (unpaired) electrons. The van der Waals surface area contributed by atoms with Gasteiger partial charge in [0.1, 0.15) is 12.1 Å². The number of amides is 3. The summed E-state index contributed by atoms with van der Waals surface area (Å²) in [5.74, 6) is -3.00. The molecular formula is C19H32N6O5. The fraction of sp³-hybridized carbons (Fsp3) is 0.632. The summed E-state index contributed by atoms with van der Waals surface area (Å²) in [5.41, 5.74) is 6.36. The molecule has 0 bridgehead atoms. The van der Waals surface area contributed by atoms with Gasteiger partial charge in [0.2, 0.25) is 17.7 Å². The highest BCUT2D eigenvalue weighted by Gasteiger charge is 2.29. The molecule has 3 unspecified atom stereocenters. The Morgan fingerprint density at radius 3 is 2.30 bits per heavy atom. The van der Waals surface area contributed by atoms with E-state index >= 15 is 0 Å². The molecule has 0 aliphatic rings. The summed E-state index contributed by atoms with van der Waals surface area (Å²) in [6, 6.07) is -2.89. The first kappa shape index (κ1) is 25.1. The lowest BCUT2D eigenvalue weighted by atomic mass is 10.0. The van der Waals surface area contributed by atoms with E-state index in [-0.39, 0.29) is 24.8 Å². The second-order valence-electron chi connectivity index (χ2n) is 7.92. The smallest absolute Gasteiger partial charge is 0.326 e. The lowest BCUT2D eigenvalue weighted by Gasteiger charge is -2.23. The summed E-state index contributed by atoms with van der Waals surface area (Å²) >= 11 is 0. The maximum atomic E-state index is 12.7. The minimum atomic E-state index is -1.17. The Balaban J connectivity index is 2.75. The van der Waals surface area contributed by atoms with Gasteiger partial charge in [0.05, 0.1) is 18.9 Å². The van der Waals surface area contributed by atoms with Crippen molar-refractivity contribution in [1.82, 2.24) is 25.9 Å². The standard InChI is InChI=1S/C19H32N6O5/c1-10(2)5-13(20)17(27)22-8-15(26)24-14(6-12-7-21-9-23-12)18(28)25-16(11(3)4)19(29)30/h7,9-11,13-14,16H,5-6,8,20H2,1-4H3,(H,21,23)(H,22,27)(H,24,26)(H,25,28)(H,29,30). The normalized spacial score (nSPS) is 14.1. The number of nitrogens with zero attached hydrogens (tertiary/aromatic N) is 1. The van der Waals surface area contributed by atoms with E-state index in [1.807, 2.05) is 13.8 Å². The summed E-state index contributed by atoms with van der Waals surface area (Å²) < 4.78 is 0. The molecule has 1 aromatic heterocycles. The quantitative estimate of drug-likeness (QED) is 0.253.